The van der Waals surface area contributed by atoms with Crippen LogP contribution in [0, 0.1) is 16.7 Å². The highest BCUT2D eigenvalue weighted by molar-refractivity contribution is 6.01. The normalized spacial score (nSPS) is 24.0. The van der Waals surface area contributed by atoms with Crippen LogP contribution in [-0.4, -0.2) is 11.9 Å². The zero-order valence-electron chi connectivity index (χ0n) is 11.9. The minimum absolute atomic E-state index is 0.0251. The summed E-state index contributed by atoms with van der Waals surface area (Å²) in [7, 11) is 0. The highest BCUT2D eigenvalue weighted by atomic mass is 16.2. The van der Waals surface area contributed by atoms with Crippen molar-refractivity contribution < 1.29 is 4.79 Å². The summed E-state index contributed by atoms with van der Waals surface area (Å²) in [5.41, 5.74) is 1.46. The number of benzene rings is 1. The molecule has 3 nitrogen and oxygen atoms in total. The monoisotopic (exact) mass is 268 g/mol. The fourth-order valence-corrected chi connectivity index (χ4v) is 3.58. The molecule has 2 aliphatic rings. The average molecular weight is 268 g/mol. The molecule has 20 heavy (non-hydrogen) atoms. The number of carbonyl (C=O) groups is 1. The second-order valence-corrected chi connectivity index (χ2v) is 6.09. The molecule has 1 amide bonds. The van der Waals surface area contributed by atoms with Gasteiger partial charge in [0.15, 0.2) is 0 Å². The Morgan fingerprint density at radius 1 is 1.35 bits per heavy atom. The predicted octanol–water partition coefficient (Wildman–Crippen LogP) is 3.44. The van der Waals surface area contributed by atoms with E-state index in [1.165, 1.54) is 5.56 Å². The molecule has 1 aromatic carbocycles. The first-order chi connectivity index (χ1) is 9.68. The lowest BCUT2D eigenvalue weighted by molar-refractivity contribution is -0.125. The van der Waals surface area contributed by atoms with Gasteiger partial charge in [0.2, 0.25) is 5.91 Å². The van der Waals surface area contributed by atoms with Gasteiger partial charge in [-0.2, -0.15) is 5.26 Å². The van der Waals surface area contributed by atoms with Crippen LogP contribution in [0.4, 0.5) is 5.69 Å². The molecule has 3 rings (SSSR count). The fraction of sp³-hybridized carbons (Fsp3) is 0.529. The number of anilines is 1. The number of rotatable bonds is 1. The maximum atomic E-state index is 13.0. The van der Waals surface area contributed by atoms with E-state index in [2.05, 4.69) is 19.1 Å². The van der Waals surface area contributed by atoms with Gasteiger partial charge in [-0.05, 0) is 44.2 Å². The minimum Gasteiger partial charge on any atom is -0.308 e. The topological polar surface area (TPSA) is 44.1 Å². The second-order valence-electron chi connectivity index (χ2n) is 6.09. The molecule has 0 aromatic heterocycles. The third-order valence-electron chi connectivity index (χ3n) is 4.82. The number of nitrogens with zero attached hydrogens (tertiary/aromatic N) is 2. The van der Waals surface area contributed by atoms with Crippen LogP contribution in [0.2, 0.25) is 0 Å². The lowest BCUT2D eigenvalue weighted by Gasteiger charge is -2.38. The number of para-hydroxylation sites is 1. The highest BCUT2D eigenvalue weighted by Crippen LogP contribution is 2.42. The maximum absolute atomic E-state index is 13.0. The van der Waals surface area contributed by atoms with Crippen molar-refractivity contribution in [2.24, 2.45) is 5.41 Å². The Hall–Kier alpha value is -1.82. The molecule has 1 atom stereocenters. The molecule has 0 saturated heterocycles. The Balaban J connectivity index is 2.01. The first kappa shape index (κ1) is 13.2. The molecule has 1 saturated carbocycles. The number of carbonyl (C=O) groups excluding carboxylic acids is 1. The first-order valence-corrected chi connectivity index (χ1v) is 7.51. The Labute approximate surface area is 120 Å². The number of hydrogen-bond donors (Lipinski definition) is 0. The number of fused-ring (bicyclic) bond motifs is 1. The SMILES string of the molecule is CC1CCc2ccccc2N1C(=O)C1(C#N)CCCC1. The molecular weight excluding hydrogens is 248 g/mol. The summed E-state index contributed by atoms with van der Waals surface area (Å²) in [5.74, 6) is 0.0251. The third-order valence-corrected chi connectivity index (χ3v) is 4.82. The average Bonchev–Trinajstić information content (AvgIpc) is 2.96. The number of aryl methyl sites for hydroxylation is 1. The van der Waals surface area contributed by atoms with Crippen molar-refractivity contribution in [3.63, 3.8) is 0 Å². The van der Waals surface area contributed by atoms with E-state index in [1.54, 1.807) is 0 Å². The molecular formula is C17H20N2O. The van der Waals surface area contributed by atoms with E-state index in [4.69, 9.17) is 0 Å². The quantitative estimate of drug-likeness (QED) is 0.783. The van der Waals surface area contributed by atoms with E-state index < -0.39 is 5.41 Å². The molecule has 1 aromatic rings. The minimum atomic E-state index is -0.779. The van der Waals surface area contributed by atoms with Gasteiger partial charge >= 0.3 is 0 Å². The highest BCUT2D eigenvalue weighted by Gasteiger charge is 2.46. The number of amides is 1. The standard InChI is InChI=1S/C17H20N2O/c1-13-8-9-14-6-2-3-7-15(14)19(13)16(20)17(12-18)10-4-5-11-17/h2-3,6-7,13H,4-5,8-11H2,1H3. The van der Waals surface area contributed by atoms with Gasteiger partial charge in [-0.15, -0.1) is 0 Å². The Morgan fingerprint density at radius 3 is 2.75 bits per heavy atom. The van der Waals surface area contributed by atoms with E-state index in [0.29, 0.717) is 12.8 Å². The number of nitriles is 1. The van der Waals surface area contributed by atoms with Crippen LogP contribution in [0.15, 0.2) is 24.3 Å². The summed E-state index contributed by atoms with van der Waals surface area (Å²) < 4.78 is 0. The maximum Gasteiger partial charge on any atom is 0.247 e. The molecule has 1 heterocycles. The molecule has 0 N–H and O–H groups in total. The molecule has 0 spiro atoms. The summed E-state index contributed by atoms with van der Waals surface area (Å²) in [4.78, 5) is 14.9. The van der Waals surface area contributed by atoms with Crippen molar-refractivity contribution in [2.75, 3.05) is 4.90 Å². The second kappa shape index (κ2) is 4.94. The summed E-state index contributed by atoms with van der Waals surface area (Å²) in [6.07, 6.45) is 5.40. The van der Waals surface area contributed by atoms with Crippen LogP contribution in [0.1, 0.15) is 44.6 Å². The lowest BCUT2D eigenvalue weighted by atomic mass is 9.84. The molecule has 3 heteroatoms. The van der Waals surface area contributed by atoms with E-state index in [9.17, 15) is 10.1 Å². The predicted molar refractivity (Wildman–Crippen MR) is 78.2 cm³/mol. The van der Waals surface area contributed by atoms with E-state index in [-0.39, 0.29) is 11.9 Å². The largest absolute Gasteiger partial charge is 0.308 e. The van der Waals surface area contributed by atoms with Crippen LogP contribution in [-0.2, 0) is 11.2 Å². The van der Waals surface area contributed by atoms with Gasteiger partial charge in [0.25, 0.3) is 0 Å². The van der Waals surface area contributed by atoms with Crippen molar-refractivity contribution in [3.8, 4) is 6.07 Å². The summed E-state index contributed by atoms with van der Waals surface area (Å²) >= 11 is 0. The van der Waals surface area contributed by atoms with Gasteiger partial charge in [-0.3, -0.25) is 4.79 Å². The fourth-order valence-electron chi connectivity index (χ4n) is 3.58. The van der Waals surface area contributed by atoms with Crippen LogP contribution in [0.25, 0.3) is 0 Å². The summed E-state index contributed by atoms with van der Waals surface area (Å²) in [6.45, 7) is 2.09. The van der Waals surface area contributed by atoms with E-state index in [0.717, 1.165) is 31.4 Å². The van der Waals surface area contributed by atoms with Crippen molar-refractivity contribution in [1.82, 2.24) is 0 Å². The van der Waals surface area contributed by atoms with Gasteiger partial charge in [0, 0.05) is 11.7 Å². The molecule has 1 unspecified atom stereocenters. The van der Waals surface area contributed by atoms with Crippen molar-refractivity contribution in [3.05, 3.63) is 29.8 Å². The van der Waals surface area contributed by atoms with E-state index in [1.807, 2.05) is 23.1 Å². The molecule has 104 valence electrons. The zero-order chi connectivity index (χ0) is 14.2. The zero-order valence-corrected chi connectivity index (χ0v) is 11.9. The molecule has 1 fully saturated rings. The van der Waals surface area contributed by atoms with Crippen LogP contribution < -0.4 is 4.90 Å². The Kier molecular flexibility index (Phi) is 3.25. The summed E-state index contributed by atoms with van der Waals surface area (Å²) in [6, 6.07) is 10.6. The van der Waals surface area contributed by atoms with Crippen LogP contribution in [0.3, 0.4) is 0 Å². The van der Waals surface area contributed by atoms with Crippen LogP contribution in [0.5, 0.6) is 0 Å². The van der Waals surface area contributed by atoms with Crippen LogP contribution >= 0.6 is 0 Å². The van der Waals surface area contributed by atoms with Crippen molar-refractivity contribution in [1.29, 1.82) is 5.26 Å². The molecule has 0 radical (unpaired) electrons. The number of hydrogen-bond acceptors (Lipinski definition) is 2. The van der Waals surface area contributed by atoms with Gasteiger partial charge < -0.3 is 4.90 Å². The first-order valence-electron chi connectivity index (χ1n) is 7.51. The molecule has 0 bridgehead atoms. The van der Waals surface area contributed by atoms with Gasteiger partial charge in [0.1, 0.15) is 5.41 Å². The Bertz CT molecular complexity index is 567. The smallest absolute Gasteiger partial charge is 0.247 e. The molecule has 1 aliphatic carbocycles. The molecule has 1 aliphatic heterocycles. The Morgan fingerprint density at radius 2 is 2.05 bits per heavy atom. The third kappa shape index (κ3) is 1.91. The van der Waals surface area contributed by atoms with Crippen molar-refractivity contribution >= 4 is 11.6 Å². The van der Waals surface area contributed by atoms with Crippen molar-refractivity contribution in [2.45, 2.75) is 51.5 Å². The van der Waals surface area contributed by atoms with Gasteiger partial charge in [-0.1, -0.05) is 31.0 Å². The summed E-state index contributed by atoms with van der Waals surface area (Å²) in [5, 5.41) is 9.55. The van der Waals surface area contributed by atoms with E-state index >= 15 is 0 Å². The van der Waals surface area contributed by atoms with Gasteiger partial charge in [-0.25, -0.2) is 0 Å². The van der Waals surface area contributed by atoms with Gasteiger partial charge in [0.05, 0.1) is 6.07 Å². The lowest BCUT2D eigenvalue weighted by Crippen LogP contribution is -2.49.